The molecule has 1 aromatic heterocycles. The van der Waals surface area contributed by atoms with E-state index in [2.05, 4.69) is 4.98 Å². The number of para-hydroxylation sites is 1. The first-order valence-electron chi connectivity index (χ1n) is 8.22. The summed E-state index contributed by atoms with van der Waals surface area (Å²) < 4.78 is 5.18. The first-order chi connectivity index (χ1) is 13.1. The largest absolute Gasteiger partial charge is 0.510 e. The molecule has 7 heteroatoms. The fourth-order valence-corrected chi connectivity index (χ4v) is 4.10. The third-order valence-corrected chi connectivity index (χ3v) is 5.53. The molecule has 4 rings (SSSR count). The van der Waals surface area contributed by atoms with Crippen molar-refractivity contribution < 1.29 is 9.84 Å². The second-order valence-corrected chi connectivity index (χ2v) is 7.24. The minimum atomic E-state index is 0.121. The number of aliphatic hydroxyl groups is 1. The van der Waals surface area contributed by atoms with E-state index in [-0.39, 0.29) is 18.1 Å². The summed E-state index contributed by atoms with van der Waals surface area (Å²) in [7, 11) is 1.63. The van der Waals surface area contributed by atoms with Crippen LogP contribution < -0.4 is 9.64 Å². The lowest BCUT2D eigenvalue weighted by Crippen LogP contribution is -2.26. The lowest BCUT2D eigenvalue weighted by atomic mass is 10.1. The van der Waals surface area contributed by atoms with Crippen LogP contribution in [-0.4, -0.2) is 29.6 Å². The fourth-order valence-electron chi connectivity index (χ4n) is 2.96. The number of nitrogens with zero attached hydrogens (tertiary/aromatic N) is 2. The van der Waals surface area contributed by atoms with Crippen LogP contribution in [0, 0.1) is 5.41 Å². The van der Waals surface area contributed by atoms with Gasteiger partial charge in [-0.25, -0.2) is 4.98 Å². The van der Waals surface area contributed by atoms with Crippen molar-refractivity contribution in [3.05, 3.63) is 69.7 Å². The first-order valence-corrected chi connectivity index (χ1v) is 9.47. The summed E-state index contributed by atoms with van der Waals surface area (Å²) in [5.41, 5.74) is 2.88. The van der Waals surface area contributed by atoms with E-state index in [1.54, 1.807) is 18.1 Å². The maximum absolute atomic E-state index is 10.5. The van der Waals surface area contributed by atoms with Crippen molar-refractivity contribution in [2.24, 2.45) is 0 Å². The summed E-state index contributed by atoms with van der Waals surface area (Å²) in [4.78, 5) is 6.31. The second kappa shape index (κ2) is 7.06. The molecule has 0 aliphatic carbocycles. The van der Waals surface area contributed by atoms with Crippen molar-refractivity contribution >= 4 is 40.0 Å². The van der Waals surface area contributed by atoms with E-state index in [1.165, 1.54) is 11.3 Å². The molecule has 2 aromatic carbocycles. The van der Waals surface area contributed by atoms with Crippen LogP contribution in [0.4, 0.5) is 5.69 Å². The Bertz CT molecular complexity index is 1040. The van der Waals surface area contributed by atoms with Gasteiger partial charge in [0.1, 0.15) is 22.4 Å². The molecule has 0 atom stereocenters. The number of methoxy groups -OCH3 is 1. The molecular weight excluding hydrogens is 382 g/mol. The van der Waals surface area contributed by atoms with E-state index in [1.807, 2.05) is 47.8 Å². The molecule has 3 aromatic rings. The summed E-state index contributed by atoms with van der Waals surface area (Å²) in [6, 6.07) is 14.9. The van der Waals surface area contributed by atoms with E-state index in [4.69, 9.17) is 21.7 Å². The van der Waals surface area contributed by atoms with Gasteiger partial charge < -0.3 is 14.7 Å². The Balaban J connectivity index is 1.64. The Kier molecular flexibility index (Phi) is 4.59. The number of aliphatic hydroxyl groups excluding tert-OH is 1. The second-order valence-electron chi connectivity index (χ2n) is 5.97. The summed E-state index contributed by atoms with van der Waals surface area (Å²) in [5, 5.41) is 22.1. The van der Waals surface area contributed by atoms with Crippen molar-refractivity contribution in [2.45, 2.75) is 0 Å². The van der Waals surface area contributed by atoms with Crippen molar-refractivity contribution in [1.82, 2.24) is 4.98 Å². The molecular formula is C20H16ClN3O2S. The zero-order chi connectivity index (χ0) is 19.0. The Morgan fingerprint density at radius 3 is 2.63 bits per heavy atom. The average molecular weight is 398 g/mol. The maximum Gasteiger partial charge on any atom is 0.139 e. The van der Waals surface area contributed by atoms with Crippen molar-refractivity contribution in [3.8, 4) is 17.0 Å². The molecule has 0 spiro atoms. The lowest BCUT2D eigenvalue weighted by Gasteiger charge is -2.19. The van der Waals surface area contributed by atoms with Crippen LogP contribution in [0.1, 0.15) is 5.01 Å². The number of amidine groups is 1. The molecule has 136 valence electrons. The molecule has 1 aliphatic heterocycles. The number of rotatable bonds is 4. The molecule has 27 heavy (non-hydrogen) atoms. The summed E-state index contributed by atoms with van der Waals surface area (Å²) in [6.07, 6.45) is 0. The molecule has 2 N–H and O–H groups in total. The normalized spacial score (nSPS) is 14.1. The maximum atomic E-state index is 10.5. The molecule has 0 fully saturated rings. The molecule has 0 amide bonds. The summed E-state index contributed by atoms with van der Waals surface area (Å²) in [6.45, 7) is 0.204. The SMILES string of the molecule is COc1ccc(-c2csc(C3=C(O)CN(c4ccccc4Cl)C3=N)n2)cc1. The predicted molar refractivity (Wildman–Crippen MR) is 110 cm³/mol. The van der Waals surface area contributed by atoms with Crippen LogP contribution in [-0.2, 0) is 0 Å². The highest BCUT2D eigenvalue weighted by atomic mass is 35.5. The average Bonchev–Trinajstić information content (AvgIpc) is 3.27. The Labute approximate surface area is 165 Å². The van der Waals surface area contributed by atoms with Crippen molar-refractivity contribution in [2.75, 3.05) is 18.6 Å². The van der Waals surface area contributed by atoms with Gasteiger partial charge in [-0.05, 0) is 36.4 Å². The van der Waals surface area contributed by atoms with Gasteiger partial charge in [-0.1, -0.05) is 23.7 Å². The number of anilines is 1. The lowest BCUT2D eigenvalue weighted by molar-refractivity contribution is 0.411. The summed E-state index contributed by atoms with van der Waals surface area (Å²) >= 11 is 7.66. The molecule has 5 nitrogen and oxygen atoms in total. The number of thiazole rings is 1. The predicted octanol–water partition coefficient (Wildman–Crippen LogP) is 5.24. The van der Waals surface area contributed by atoms with Gasteiger partial charge >= 0.3 is 0 Å². The van der Waals surface area contributed by atoms with E-state index in [9.17, 15) is 5.11 Å². The molecule has 0 bridgehead atoms. The van der Waals surface area contributed by atoms with Gasteiger partial charge in [0, 0.05) is 10.9 Å². The van der Waals surface area contributed by atoms with Crippen LogP contribution in [0.3, 0.4) is 0 Å². The molecule has 0 radical (unpaired) electrons. The number of halogens is 1. The van der Waals surface area contributed by atoms with Gasteiger partial charge in [0.2, 0.25) is 0 Å². The fraction of sp³-hybridized carbons (Fsp3) is 0.100. The number of benzene rings is 2. The molecule has 0 saturated heterocycles. The monoisotopic (exact) mass is 397 g/mol. The molecule has 2 heterocycles. The number of hydrogen-bond donors (Lipinski definition) is 2. The minimum Gasteiger partial charge on any atom is -0.510 e. The van der Waals surface area contributed by atoms with Crippen LogP contribution in [0.15, 0.2) is 59.7 Å². The third kappa shape index (κ3) is 3.18. The topological polar surface area (TPSA) is 69.4 Å². The van der Waals surface area contributed by atoms with Gasteiger partial charge in [0.25, 0.3) is 0 Å². The minimum absolute atomic E-state index is 0.121. The Morgan fingerprint density at radius 1 is 1.19 bits per heavy atom. The number of nitrogens with one attached hydrogen (secondary N) is 1. The highest BCUT2D eigenvalue weighted by molar-refractivity contribution is 7.11. The smallest absolute Gasteiger partial charge is 0.139 e. The zero-order valence-electron chi connectivity index (χ0n) is 14.4. The van der Waals surface area contributed by atoms with E-state index >= 15 is 0 Å². The number of hydrogen-bond acceptors (Lipinski definition) is 5. The molecule has 0 unspecified atom stereocenters. The number of ether oxygens (including phenoxy) is 1. The number of aromatic nitrogens is 1. The van der Waals surface area contributed by atoms with Crippen LogP contribution in [0.2, 0.25) is 5.02 Å². The van der Waals surface area contributed by atoms with E-state index in [0.29, 0.717) is 21.3 Å². The van der Waals surface area contributed by atoms with Crippen LogP contribution in [0.5, 0.6) is 5.75 Å². The molecule has 0 saturated carbocycles. The Hall–Kier alpha value is -2.83. The molecule has 1 aliphatic rings. The van der Waals surface area contributed by atoms with Gasteiger partial charge in [0.05, 0.1) is 35.6 Å². The van der Waals surface area contributed by atoms with Crippen molar-refractivity contribution in [1.29, 1.82) is 5.41 Å². The van der Waals surface area contributed by atoms with Gasteiger partial charge in [-0.3, -0.25) is 5.41 Å². The van der Waals surface area contributed by atoms with E-state index < -0.39 is 0 Å². The third-order valence-electron chi connectivity index (χ3n) is 4.35. The Morgan fingerprint density at radius 2 is 1.93 bits per heavy atom. The standard InChI is InChI=1S/C20H16ClN3O2S/c1-26-13-8-6-12(7-9-13)15-11-27-20(23-15)18-17(25)10-24(19(18)22)16-5-3-2-4-14(16)21/h2-9,11,22,25H,10H2,1H3. The summed E-state index contributed by atoms with van der Waals surface area (Å²) in [5.74, 6) is 1.09. The van der Waals surface area contributed by atoms with E-state index in [0.717, 1.165) is 17.0 Å². The highest BCUT2D eigenvalue weighted by Gasteiger charge is 2.32. The van der Waals surface area contributed by atoms with Gasteiger partial charge in [-0.2, -0.15) is 0 Å². The van der Waals surface area contributed by atoms with Crippen LogP contribution in [0.25, 0.3) is 16.8 Å². The van der Waals surface area contributed by atoms with Gasteiger partial charge in [-0.15, -0.1) is 11.3 Å². The quantitative estimate of drug-likeness (QED) is 0.631. The van der Waals surface area contributed by atoms with Gasteiger partial charge in [0.15, 0.2) is 0 Å². The first kappa shape index (κ1) is 17.6. The van der Waals surface area contributed by atoms with Crippen LogP contribution >= 0.6 is 22.9 Å². The highest BCUT2D eigenvalue weighted by Crippen LogP contribution is 2.36. The van der Waals surface area contributed by atoms with Crippen molar-refractivity contribution in [3.63, 3.8) is 0 Å². The zero-order valence-corrected chi connectivity index (χ0v) is 16.0.